The van der Waals surface area contributed by atoms with Crippen molar-refractivity contribution in [1.82, 2.24) is 0 Å². The van der Waals surface area contributed by atoms with Crippen LogP contribution in [0.25, 0.3) is 11.0 Å². The zero-order valence-corrected chi connectivity index (χ0v) is 13.3. The molecule has 0 bridgehead atoms. The topological polar surface area (TPSA) is 22.4 Å². The minimum absolute atomic E-state index is 0.745. The van der Waals surface area contributed by atoms with Crippen LogP contribution in [0.4, 0.5) is 0 Å². The molecule has 0 atom stereocenters. The molecule has 0 spiro atoms. The summed E-state index contributed by atoms with van der Waals surface area (Å²) in [4.78, 5) is 0. The van der Waals surface area contributed by atoms with E-state index < -0.39 is 0 Å². The van der Waals surface area contributed by atoms with Crippen molar-refractivity contribution in [1.29, 1.82) is 0 Å². The van der Waals surface area contributed by atoms with E-state index in [4.69, 9.17) is 9.15 Å². The third kappa shape index (κ3) is 3.14. The molecule has 0 saturated heterocycles. The number of aryl methyl sites for hydroxylation is 2. The van der Waals surface area contributed by atoms with Gasteiger partial charge in [-0.05, 0) is 37.0 Å². The molecule has 0 radical (unpaired) electrons. The summed E-state index contributed by atoms with van der Waals surface area (Å²) in [6.07, 6.45) is 5.99. The van der Waals surface area contributed by atoms with Crippen LogP contribution in [0.15, 0.2) is 22.8 Å². The van der Waals surface area contributed by atoms with Crippen LogP contribution in [-0.4, -0.2) is 11.9 Å². The zero-order valence-electron chi connectivity index (χ0n) is 11.7. The summed E-state index contributed by atoms with van der Waals surface area (Å²) in [5.74, 6) is 0.979. The zero-order chi connectivity index (χ0) is 13.7. The summed E-state index contributed by atoms with van der Waals surface area (Å²) < 4.78 is 11.7. The fourth-order valence-electron chi connectivity index (χ4n) is 2.32. The van der Waals surface area contributed by atoms with Gasteiger partial charge in [-0.1, -0.05) is 36.2 Å². The van der Waals surface area contributed by atoms with E-state index in [1.807, 2.05) is 6.26 Å². The molecule has 0 unspecified atom stereocenters. The van der Waals surface area contributed by atoms with Gasteiger partial charge >= 0.3 is 0 Å². The Balaban J connectivity index is 2.37. The van der Waals surface area contributed by atoms with E-state index in [-0.39, 0.29) is 0 Å². The molecule has 0 aliphatic rings. The number of hydrogen-bond acceptors (Lipinski definition) is 2. The molecule has 0 fully saturated rings. The highest BCUT2D eigenvalue weighted by Crippen LogP contribution is 2.32. The van der Waals surface area contributed by atoms with Crippen LogP contribution in [0.1, 0.15) is 37.8 Å². The molecule has 19 heavy (non-hydrogen) atoms. The van der Waals surface area contributed by atoms with Crippen molar-refractivity contribution in [3.63, 3.8) is 0 Å². The van der Waals surface area contributed by atoms with E-state index in [0.29, 0.717) is 0 Å². The first-order valence-corrected chi connectivity index (χ1v) is 8.14. The van der Waals surface area contributed by atoms with Crippen LogP contribution >= 0.6 is 15.9 Å². The fourth-order valence-corrected chi connectivity index (χ4v) is 2.55. The Morgan fingerprint density at radius 2 is 2.11 bits per heavy atom. The summed E-state index contributed by atoms with van der Waals surface area (Å²) in [6, 6.07) is 4.22. The van der Waals surface area contributed by atoms with Crippen molar-refractivity contribution in [2.75, 3.05) is 11.9 Å². The van der Waals surface area contributed by atoms with Crippen molar-refractivity contribution < 1.29 is 9.15 Å². The van der Waals surface area contributed by atoms with Gasteiger partial charge in [-0.15, -0.1) is 0 Å². The maximum atomic E-state index is 5.89. The van der Waals surface area contributed by atoms with Gasteiger partial charge in [0.05, 0.1) is 12.9 Å². The molecular weight excluding hydrogens is 304 g/mol. The summed E-state index contributed by atoms with van der Waals surface area (Å²) in [6.45, 7) is 5.09. The first kappa shape index (κ1) is 14.4. The quantitative estimate of drug-likeness (QED) is 0.521. The van der Waals surface area contributed by atoms with E-state index in [1.165, 1.54) is 16.5 Å². The standard InChI is InChI=1S/C16H21BrO2/c1-3-6-14-15(18-10-5-9-17)8-7-13-12(4-2)11-19-16(13)14/h7-8,11H,3-6,9-10H2,1-2H3. The Hall–Kier alpha value is -0.960. The van der Waals surface area contributed by atoms with Crippen molar-refractivity contribution in [3.8, 4) is 5.75 Å². The fraction of sp³-hybridized carbons (Fsp3) is 0.500. The molecular formula is C16H21BrO2. The lowest BCUT2D eigenvalue weighted by atomic mass is 10.0. The Morgan fingerprint density at radius 3 is 2.79 bits per heavy atom. The van der Waals surface area contributed by atoms with Crippen LogP contribution in [0.5, 0.6) is 5.75 Å². The number of alkyl halides is 1. The predicted molar refractivity (Wildman–Crippen MR) is 83.5 cm³/mol. The van der Waals surface area contributed by atoms with Crippen LogP contribution in [0.2, 0.25) is 0 Å². The number of hydrogen-bond donors (Lipinski definition) is 0. The van der Waals surface area contributed by atoms with Crippen LogP contribution in [-0.2, 0) is 12.8 Å². The normalized spacial score (nSPS) is 11.1. The number of rotatable bonds is 7. The van der Waals surface area contributed by atoms with Gasteiger partial charge in [0.25, 0.3) is 0 Å². The molecule has 0 aliphatic carbocycles. The van der Waals surface area contributed by atoms with Gasteiger partial charge in [-0.2, -0.15) is 0 Å². The number of furan rings is 1. The monoisotopic (exact) mass is 324 g/mol. The maximum absolute atomic E-state index is 5.89. The number of ether oxygens (including phenoxy) is 1. The third-order valence-corrected chi connectivity index (χ3v) is 3.86. The first-order valence-electron chi connectivity index (χ1n) is 7.02. The van der Waals surface area contributed by atoms with Gasteiger partial charge in [-0.3, -0.25) is 0 Å². The molecule has 2 aromatic rings. The van der Waals surface area contributed by atoms with Gasteiger partial charge in [0.1, 0.15) is 11.3 Å². The maximum Gasteiger partial charge on any atom is 0.141 e. The van der Waals surface area contributed by atoms with E-state index in [2.05, 4.69) is 41.9 Å². The van der Waals surface area contributed by atoms with Gasteiger partial charge in [-0.25, -0.2) is 0 Å². The van der Waals surface area contributed by atoms with Crippen molar-refractivity contribution in [2.45, 2.75) is 39.5 Å². The highest BCUT2D eigenvalue weighted by Gasteiger charge is 2.13. The van der Waals surface area contributed by atoms with E-state index in [9.17, 15) is 0 Å². The number of halogens is 1. The highest BCUT2D eigenvalue weighted by atomic mass is 79.9. The molecule has 2 rings (SSSR count). The third-order valence-electron chi connectivity index (χ3n) is 3.30. The van der Waals surface area contributed by atoms with Crippen LogP contribution in [0, 0.1) is 0 Å². The Kier molecular flexibility index (Phi) is 5.32. The SMILES string of the molecule is CCCc1c(OCCCBr)ccc2c(CC)coc12. The lowest BCUT2D eigenvalue weighted by Gasteiger charge is -2.11. The molecule has 104 valence electrons. The Bertz CT molecular complexity index is 531. The average Bonchev–Trinajstić information content (AvgIpc) is 2.84. The van der Waals surface area contributed by atoms with Crippen LogP contribution in [0.3, 0.4) is 0 Å². The molecule has 0 aliphatic heterocycles. The molecule has 0 N–H and O–H groups in total. The second-order valence-electron chi connectivity index (χ2n) is 4.67. The summed E-state index contributed by atoms with van der Waals surface area (Å²) in [7, 11) is 0. The lowest BCUT2D eigenvalue weighted by molar-refractivity contribution is 0.315. The molecule has 0 amide bonds. The van der Waals surface area contributed by atoms with Gasteiger partial charge in [0.2, 0.25) is 0 Å². The van der Waals surface area contributed by atoms with Gasteiger partial charge in [0, 0.05) is 16.3 Å². The first-order chi connectivity index (χ1) is 9.31. The van der Waals surface area contributed by atoms with Gasteiger partial charge < -0.3 is 9.15 Å². The lowest BCUT2D eigenvalue weighted by Crippen LogP contribution is -2.01. The largest absolute Gasteiger partial charge is 0.493 e. The molecule has 1 aromatic heterocycles. The number of benzene rings is 1. The average molecular weight is 325 g/mol. The molecule has 1 heterocycles. The molecule has 2 nitrogen and oxygen atoms in total. The van der Waals surface area contributed by atoms with E-state index in [0.717, 1.165) is 49.0 Å². The molecule has 0 saturated carbocycles. The van der Waals surface area contributed by atoms with Crippen molar-refractivity contribution in [2.24, 2.45) is 0 Å². The molecule has 1 aromatic carbocycles. The van der Waals surface area contributed by atoms with E-state index in [1.54, 1.807) is 0 Å². The smallest absolute Gasteiger partial charge is 0.141 e. The summed E-state index contributed by atoms with van der Waals surface area (Å²) >= 11 is 3.43. The Morgan fingerprint density at radius 1 is 1.26 bits per heavy atom. The Labute approximate surface area is 123 Å². The highest BCUT2D eigenvalue weighted by molar-refractivity contribution is 9.09. The van der Waals surface area contributed by atoms with Crippen molar-refractivity contribution >= 4 is 26.9 Å². The number of fused-ring (bicyclic) bond motifs is 1. The molecule has 3 heteroatoms. The summed E-state index contributed by atoms with van der Waals surface area (Å²) in [5.41, 5.74) is 3.50. The minimum atomic E-state index is 0.745. The van der Waals surface area contributed by atoms with E-state index >= 15 is 0 Å². The summed E-state index contributed by atoms with van der Waals surface area (Å²) in [5, 5.41) is 2.21. The van der Waals surface area contributed by atoms with Crippen molar-refractivity contribution in [3.05, 3.63) is 29.5 Å². The van der Waals surface area contributed by atoms with Gasteiger partial charge in [0.15, 0.2) is 0 Å². The second-order valence-corrected chi connectivity index (χ2v) is 5.47. The minimum Gasteiger partial charge on any atom is -0.493 e. The predicted octanol–water partition coefficient (Wildman–Crippen LogP) is 5.11. The second kappa shape index (κ2) is 6.99. The van der Waals surface area contributed by atoms with Crippen LogP contribution < -0.4 is 4.74 Å².